The first-order valence-corrected chi connectivity index (χ1v) is 1.20. The molecule has 0 unspecified atom stereocenters. The third-order valence-corrected chi connectivity index (χ3v) is 0.161. The van der Waals surface area contributed by atoms with Crippen molar-refractivity contribution in [2.75, 3.05) is 0 Å². The molecule has 0 heterocycles. The molecule has 0 atom stereocenters. The van der Waals surface area contributed by atoms with Crippen LogP contribution in [0.2, 0.25) is 0 Å². The Hall–Kier alpha value is -0.460. The van der Waals surface area contributed by atoms with E-state index in [4.69, 9.17) is 5.26 Å². The van der Waals surface area contributed by atoms with Gasteiger partial charge in [0.25, 0.3) is 0 Å². The molecule has 0 aromatic carbocycles. The summed E-state index contributed by atoms with van der Waals surface area (Å²) in [6.45, 7) is 0. The van der Waals surface area contributed by atoms with Gasteiger partial charge in [0.15, 0.2) is 0 Å². The van der Waals surface area contributed by atoms with Crippen molar-refractivity contribution in [1.82, 2.24) is 5.00 Å². The lowest BCUT2D eigenvalue weighted by Gasteiger charge is -1.74. The van der Waals surface area contributed by atoms with Gasteiger partial charge in [0.1, 0.15) is 0 Å². The van der Waals surface area contributed by atoms with Gasteiger partial charge >= 0.3 is 6.26 Å². The maximum absolute atomic E-state index is 7.45. The van der Waals surface area contributed by atoms with Gasteiger partial charge in [-0.2, -0.15) is 0 Å². The summed E-state index contributed by atoms with van der Waals surface area (Å²) in [6.07, 6.45) is 1.27. The topological polar surface area (TPSA) is 45.0 Å². The van der Waals surface area contributed by atoms with Crippen LogP contribution in [-0.2, 0) is 4.84 Å². The molecule has 0 saturated heterocycles. The van der Waals surface area contributed by atoms with Crippen molar-refractivity contribution >= 4 is 11.8 Å². The van der Waals surface area contributed by atoms with E-state index in [0.717, 1.165) is 0 Å². The monoisotopic (exact) mass is 92.0 g/mol. The highest BCUT2D eigenvalue weighted by Gasteiger charge is 1.59. The minimum absolute atomic E-state index is 1.27. The van der Waals surface area contributed by atoms with E-state index in [-0.39, 0.29) is 0 Å². The van der Waals surface area contributed by atoms with Crippen LogP contribution in [0.3, 0.4) is 0 Å². The van der Waals surface area contributed by atoms with Crippen LogP contribution in [0.4, 0.5) is 0 Å². The fourth-order valence-electron chi connectivity index (χ4n) is 0.0173. The maximum Gasteiger partial charge on any atom is 0.308 e. The van der Waals surface area contributed by atoms with Crippen molar-refractivity contribution in [3.63, 3.8) is 0 Å². The fraction of sp³-hybridized carbons (Fsp3) is 0. The molecule has 0 amide bonds. The number of halogens is 1. The molecule has 0 rings (SSSR count). The van der Waals surface area contributed by atoms with E-state index >= 15 is 0 Å². The molecule has 5 heavy (non-hydrogen) atoms. The van der Waals surface area contributed by atoms with Crippen molar-refractivity contribution in [2.24, 2.45) is 0 Å². The lowest BCUT2D eigenvalue weighted by Crippen LogP contribution is -1.90. The van der Waals surface area contributed by atoms with Crippen LogP contribution in [-0.4, -0.2) is 0 Å². The van der Waals surface area contributed by atoms with Crippen molar-refractivity contribution in [3.8, 4) is 6.26 Å². The van der Waals surface area contributed by atoms with Crippen LogP contribution in [0.5, 0.6) is 0 Å². The summed E-state index contributed by atoms with van der Waals surface area (Å²) >= 11 is 4.61. The summed E-state index contributed by atoms with van der Waals surface area (Å²) in [5.41, 5.74) is 0. The van der Waals surface area contributed by atoms with E-state index in [2.05, 4.69) is 16.6 Å². The van der Waals surface area contributed by atoms with Gasteiger partial charge in [-0.3, -0.25) is 0 Å². The Morgan fingerprint density at radius 3 is 2.60 bits per heavy atom. The third kappa shape index (κ3) is 3.54. The summed E-state index contributed by atoms with van der Waals surface area (Å²) in [6, 6.07) is 0. The fourth-order valence-corrected chi connectivity index (χ4v) is 0.0518. The third-order valence-electron chi connectivity index (χ3n) is 0.0842. The zero-order valence-electron chi connectivity index (χ0n) is 2.23. The summed E-state index contributed by atoms with van der Waals surface area (Å²) in [5.74, 6) is 0. The molecule has 0 aromatic heterocycles. The highest BCUT2D eigenvalue weighted by atomic mass is 35.5. The number of nitrogens with one attached hydrogen (secondary N) is 1. The normalized spacial score (nSPS) is 5.60. The van der Waals surface area contributed by atoms with Crippen LogP contribution in [0.15, 0.2) is 0 Å². The average Bonchev–Trinajstić information content (AvgIpc) is 1.41. The van der Waals surface area contributed by atoms with E-state index < -0.39 is 0 Å². The Labute approximate surface area is 34.2 Å². The highest BCUT2D eigenvalue weighted by molar-refractivity contribution is 6.12. The number of nitriles is 1. The number of nitrogens with zero attached hydrogens (tertiary/aromatic N) is 1. The van der Waals surface area contributed by atoms with Crippen LogP contribution in [0.1, 0.15) is 0 Å². The molecule has 0 aliphatic carbocycles. The van der Waals surface area contributed by atoms with E-state index in [0.29, 0.717) is 0 Å². The van der Waals surface area contributed by atoms with E-state index in [1.165, 1.54) is 6.26 Å². The van der Waals surface area contributed by atoms with Gasteiger partial charge in [-0.05, 0) is 0 Å². The van der Waals surface area contributed by atoms with Gasteiger partial charge in [-0.25, -0.2) is 0 Å². The second kappa shape index (κ2) is 3.54. The Morgan fingerprint density at radius 1 is 2.00 bits per heavy atom. The molecule has 0 radical (unpaired) electrons. The van der Waals surface area contributed by atoms with Crippen LogP contribution >= 0.6 is 11.8 Å². The van der Waals surface area contributed by atoms with Crippen molar-refractivity contribution in [3.05, 3.63) is 0 Å². The SMILES string of the molecule is N#CONCl. The Bertz CT molecular complexity index is 48.1. The van der Waals surface area contributed by atoms with Gasteiger partial charge in [-0.15, -0.1) is 5.26 Å². The molecule has 0 saturated carbocycles. The zero-order chi connectivity index (χ0) is 4.12. The molecule has 3 nitrogen and oxygen atoms in total. The summed E-state index contributed by atoms with van der Waals surface area (Å²) in [4.78, 5) is 5.28. The molecule has 0 bridgehead atoms. The minimum Gasteiger partial charge on any atom is -0.314 e. The van der Waals surface area contributed by atoms with Crippen molar-refractivity contribution in [2.45, 2.75) is 0 Å². The molecule has 0 aliphatic heterocycles. The van der Waals surface area contributed by atoms with E-state index in [1.807, 2.05) is 0 Å². The number of hydrogen-bond acceptors (Lipinski definition) is 3. The second-order valence-electron chi connectivity index (χ2n) is 0.271. The lowest BCUT2D eigenvalue weighted by atomic mass is 11.6. The van der Waals surface area contributed by atoms with E-state index in [9.17, 15) is 0 Å². The first kappa shape index (κ1) is 4.54. The van der Waals surface area contributed by atoms with Crippen LogP contribution in [0, 0.1) is 11.5 Å². The molecule has 4 heteroatoms. The molecule has 28 valence electrons. The Morgan fingerprint density at radius 2 is 2.60 bits per heavy atom. The van der Waals surface area contributed by atoms with Gasteiger partial charge in [-0.1, -0.05) is 5.00 Å². The first-order valence-electron chi connectivity index (χ1n) is 0.821. The molecular weight excluding hydrogens is 91.5 g/mol. The average molecular weight is 92.5 g/mol. The van der Waals surface area contributed by atoms with Crippen molar-refractivity contribution in [1.29, 1.82) is 5.26 Å². The van der Waals surface area contributed by atoms with Gasteiger partial charge < -0.3 is 4.84 Å². The summed E-state index contributed by atoms with van der Waals surface area (Å²) in [7, 11) is 0. The molecule has 0 spiro atoms. The van der Waals surface area contributed by atoms with Crippen LogP contribution < -0.4 is 5.00 Å². The smallest absolute Gasteiger partial charge is 0.308 e. The minimum atomic E-state index is 1.27. The van der Waals surface area contributed by atoms with Gasteiger partial charge in [0, 0.05) is 11.8 Å². The van der Waals surface area contributed by atoms with E-state index in [1.54, 1.807) is 5.00 Å². The predicted octanol–water partition coefficient (Wildman–Crippen LogP) is 0.142. The molecule has 0 aliphatic rings. The largest absolute Gasteiger partial charge is 0.314 e. The summed E-state index contributed by atoms with van der Waals surface area (Å²) in [5, 5.41) is 7.45. The summed E-state index contributed by atoms with van der Waals surface area (Å²) < 4.78 is 0. The zero-order valence-corrected chi connectivity index (χ0v) is 2.99. The lowest BCUT2D eigenvalue weighted by molar-refractivity contribution is 0.229. The van der Waals surface area contributed by atoms with Gasteiger partial charge in [0.05, 0.1) is 0 Å². The van der Waals surface area contributed by atoms with Crippen molar-refractivity contribution < 1.29 is 4.84 Å². The first-order chi connectivity index (χ1) is 2.41. The second-order valence-corrected chi connectivity index (χ2v) is 0.425. The maximum atomic E-state index is 7.45. The molecule has 0 aromatic rings. The van der Waals surface area contributed by atoms with Gasteiger partial charge in [0.2, 0.25) is 0 Å². The molecular formula is CHClN2O. The standard InChI is InChI=1S/CHClN2O/c2-4-5-1-3/h4H. The number of rotatable bonds is 1. The number of hydrogen-bond donors (Lipinski definition) is 1. The predicted molar refractivity (Wildman–Crippen MR) is 15.7 cm³/mol. The highest BCUT2D eigenvalue weighted by Crippen LogP contribution is 1.56. The van der Waals surface area contributed by atoms with Crippen LogP contribution in [0.25, 0.3) is 0 Å². The molecule has 1 N–H and O–H groups in total. The Kier molecular flexibility index (Phi) is 3.21. The quantitative estimate of drug-likeness (QED) is 0.284. The molecule has 0 fully saturated rings. The Balaban J connectivity index is 2.48.